The second-order valence-corrected chi connectivity index (χ2v) is 10.9. The van der Waals surface area contributed by atoms with Crippen LogP contribution >= 0.6 is 11.8 Å². The van der Waals surface area contributed by atoms with Crippen LogP contribution < -0.4 is 5.32 Å². The van der Waals surface area contributed by atoms with Crippen LogP contribution in [0.1, 0.15) is 49.7 Å². The quantitative estimate of drug-likeness (QED) is 0.598. The van der Waals surface area contributed by atoms with Gasteiger partial charge in [0.15, 0.2) is 0 Å². The Morgan fingerprint density at radius 3 is 2.10 bits per heavy atom. The molecule has 4 aliphatic carbocycles. The summed E-state index contributed by atoms with van der Waals surface area (Å²) >= 11 is 0.934. The Balaban J connectivity index is 1.31. The molecular formula is C26H25NO3S. The van der Waals surface area contributed by atoms with Gasteiger partial charge >= 0.3 is 0 Å². The number of imide groups is 1. The lowest BCUT2D eigenvalue weighted by molar-refractivity contribution is -0.115. The molecule has 0 unspecified atom stereocenters. The summed E-state index contributed by atoms with van der Waals surface area (Å²) in [5.74, 6) is 2.61. The number of nitrogens with one attached hydrogen (secondary N) is 1. The molecule has 2 aromatic rings. The van der Waals surface area contributed by atoms with E-state index in [0.29, 0.717) is 10.7 Å². The van der Waals surface area contributed by atoms with Gasteiger partial charge in [-0.15, -0.1) is 0 Å². The first-order chi connectivity index (χ1) is 15.0. The summed E-state index contributed by atoms with van der Waals surface area (Å²) in [6, 6.07) is 14.1. The number of hydrogen-bond acceptors (Lipinski definition) is 4. The van der Waals surface area contributed by atoms with Gasteiger partial charge in [-0.3, -0.25) is 14.9 Å². The lowest BCUT2D eigenvalue weighted by atomic mass is 9.48. The SMILES string of the molecule is O=C1NC(=O)C(=Cc2ccc(-c3ccc(O)c(C45CC6CC(CC(C6)C4)C5)c3)cc2)S1. The van der Waals surface area contributed by atoms with E-state index in [2.05, 4.69) is 11.4 Å². The summed E-state index contributed by atoms with van der Waals surface area (Å²) in [6.07, 6.45) is 9.57. The van der Waals surface area contributed by atoms with Crippen LogP contribution in [0.4, 0.5) is 4.79 Å². The molecule has 0 spiro atoms. The van der Waals surface area contributed by atoms with E-state index >= 15 is 0 Å². The highest BCUT2D eigenvalue weighted by Crippen LogP contribution is 2.62. The van der Waals surface area contributed by atoms with Crippen molar-refractivity contribution in [3.63, 3.8) is 0 Å². The number of phenols is 1. The minimum atomic E-state index is -0.335. The molecule has 5 aliphatic rings. The van der Waals surface area contributed by atoms with E-state index in [0.717, 1.165) is 51.8 Å². The van der Waals surface area contributed by atoms with Gasteiger partial charge in [-0.1, -0.05) is 30.3 Å². The number of thioether (sulfide) groups is 1. The van der Waals surface area contributed by atoms with Crippen molar-refractivity contribution in [3.05, 3.63) is 58.5 Å². The fourth-order valence-corrected chi connectivity index (χ4v) is 7.61. The Bertz CT molecular complexity index is 1080. The van der Waals surface area contributed by atoms with Crippen LogP contribution in [-0.4, -0.2) is 16.3 Å². The molecule has 1 aliphatic heterocycles. The lowest BCUT2D eigenvalue weighted by Crippen LogP contribution is -2.48. The molecule has 0 aromatic heterocycles. The third-order valence-corrected chi connectivity index (χ3v) is 8.60. The van der Waals surface area contributed by atoms with E-state index in [1.165, 1.54) is 38.5 Å². The highest BCUT2D eigenvalue weighted by Gasteiger charge is 2.52. The molecule has 1 saturated heterocycles. The minimum absolute atomic E-state index is 0.152. The monoisotopic (exact) mass is 431 g/mol. The molecule has 2 amide bonds. The van der Waals surface area contributed by atoms with Crippen molar-refractivity contribution in [2.45, 2.75) is 43.9 Å². The first kappa shape index (κ1) is 19.2. The van der Waals surface area contributed by atoms with Gasteiger partial charge in [-0.05, 0) is 108 Å². The van der Waals surface area contributed by atoms with Crippen molar-refractivity contribution in [2.75, 3.05) is 0 Å². The summed E-state index contributed by atoms with van der Waals surface area (Å²) in [5, 5.41) is 12.8. The number of carbonyl (C=O) groups excluding carboxylic acids is 2. The highest BCUT2D eigenvalue weighted by molar-refractivity contribution is 8.18. The van der Waals surface area contributed by atoms with Crippen LogP contribution in [0.3, 0.4) is 0 Å². The van der Waals surface area contributed by atoms with E-state index in [9.17, 15) is 14.7 Å². The van der Waals surface area contributed by atoms with E-state index in [-0.39, 0.29) is 16.6 Å². The zero-order valence-electron chi connectivity index (χ0n) is 17.3. The molecular weight excluding hydrogens is 406 g/mol. The fraction of sp³-hybridized carbons (Fsp3) is 0.385. The second kappa shape index (κ2) is 6.99. The molecule has 0 radical (unpaired) electrons. The predicted molar refractivity (Wildman–Crippen MR) is 122 cm³/mol. The zero-order chi connectivity index (χ0) is 21.2. The van der Waals surface area contributed by atoms with Gasteiger partial charge in [-0.25, -0.2) is 0 Å². The minimum Gasteiger partial charge on any atom is -0.508 e. The first-order valence-corrected chi connectivity index (χ1v) is 12.0. The molecule has 0 atom stereocenters. The molecule has 2 aromatic carbocycles. The van der Waals surface area contributed by atoms with Gasteiger partial charge in [0.25, 0.3) is 11.1 Å². The standard InChI is InChI=1S/C26H25NO3S/c28-22-6-5-20(11-21(22)26-12-16-7-17(13-26)9-18(8-16)14-26)19-3-1-15(2-4-19)10-23-24(29)27-25(30)31-23/h1-6,10-11,16-18,28H,7-9,12-14H2,(H,27,29,30). The van der Waals surface area contributed by atoms with Gasteiger partial charge in [0.2, 0.25) is 0 Å². The summed E-state index contributed by atoms with van der Waals surface area (Å²) in [4.78, 5) is 23.5. The number of amides is 2. The van der Waals surface area contributed by atoms with Crippen LogP contribution in [0.5, 0.6) is 5.75 Å². The van der Waals surface area contributed by atoms with Gasteiger partial charge < -0.3 is 5.11 Å². The van der Waals surface area contributed by atoms with E-state index in [1.807, 2.05) is 36.4 Å². The topological polar surface area (TPSA) is 66.4 Å². The molecule has 4 nitrogen and oxygen atoms in total. The number of hydrogen-bond donors (Lipinski definition) is 2. The number of carbonyl (C=O) groups is 2. The maximum Gasteiger partial charge on any atom is 0.290 e. The zero-order valence-corrected chi connectivity index (χ0v) is 18.1. The summed E-state index contributed by atoms with van der Waals surface area (Å²) in [7, 11) is 0. The van der Waals surface area contributed by atoms with Crippen molar-refractivity contribution in [1.82, 2.24) is 5.32 Å². The van der Waals surface area contributed by atoms with E-state index < -0.39 is 0 Å². The largest absolute Gasteiger partial charge is 0.508 e. The van der Waals surface area contributed by atoms with Crippen LogP contribution in [0.25, 0.3) is 17.2 Å². The average Bonchev–Trinajstić information content (AvgIpc) is 3.04. The Morgan fingerprint density at radius 1 is 0.903 bits per heavy atom. The van der Waals surface area contributed by atoms with Gasteiger partial charge in [-0.2, -0.15) is 0 Å². The maximum atomic E-state index is 11.8. The summed E-state index contributed by atoms with van der Waals surface area (Å²) in [6.45, 7) is 0. The number of rotatable bonds is 3. The van der Waals surface area contributed by atoms with Crippen molar-refractivity contribution in [1.29, 1.82) is 0 Å². The molecule has 31 heavy (non-hydrogen) atoms. The van der Waals surface area contributed by atoms with Crippen molar-refractivity contribution in [2.24, 2.45) is 17.8 Å². The molecule has 5 heteroatoms. The Morgan fingerprint density at radius 2 is 1.52 bits per heavy atom. The van der Waals surface area contributed by atoms with Crippen molar-refractivity contribution >= 4 is 29.0 Å². The molecule has 158 valence electrons. The number of aromatic hydroxyl groups is 1. The Kier molecular flexibility index (Phi) is 4.32. The molecule has 4 saturated carbocycles. The number of benzene rings is 2. The third-order valence-electron chi connectivity index (χ3n) is 7.79. The van der Waals surface area contributed by atoms with Crippen molar-refractivity contribution in [3.8, 4) is 16.9 Å². The molecule has 2 N–H and O–H groups in total. The number of phenolic OH excluding ortho intramolecular Hbond substituents is 1. The highest BCUT2D eigenvalue weighted by atomic mass is 32.2. The average molecular weight is 432 g/mol. The van der Waals surface area contributed by atoms with Crippen molar-refractivity contribution < 1.29 is 14.7 Å². The fourth-order valence-electron chi connectivity index (χ4n) is 6.93. The first-order valence-electron chi connectivity index (χ1n) is 11.2. The molecule has 4 bridgehead atoms. The normalized spacial score (nSPS) is 32.6. The van der Waals surface area contributed by atoms with Crippen LogP contribution in [0.15, 0.2) is 47.4 Å². The van der Waals surface area contributed by atoms with Gasteiger partial charge in [0, 0.05) is 5.56 Å². The van der Waals surface area contributed by atoms with Crippen LogP contribution in [-0.2, 0) is 10.2 Å². The molecule has 7 rings (SSSR count). The van der Waals surface area contributed by atoms with Gasteiger partial charge in [0.05, 0.1) is 4.91 Å². The van der Waals surface area contributed by atoms with Crippen LogP contribution in [0.2, 0.25) is 0 Å². The molecule has 1 heterocycles. The second-order valence-electron chi connectivity index (χ2n) is 9.90. The smallest absolute Gasteiger partial charge is 0.290 e. The lowest BCUT2D eigenvalue weighted by Gasteiger charge is -2.57. The van der Waals surface area contributed by atoms with E-state index in [4.69, 9.17) is 0 Å². The maximum absolute atomic E-state index is 11.8. The van der Waals surface area contributed by atoms with Gasteiger partial charge in [0.1, 0.15) is 5.75 Å². The van der Waals surface area contributed by atoms with Crippen LogP contribution in [0, 0.1) is 17.8 Å². The van der Waals surface area contributed by atoms with E-state index in [1.54, 1.807) is 6.08 Å². The summed E-state index contributed by atoms with van der Waals surface area (Å²) < 4.78 is 0. The summed E-state index contributed by atoms with van der Waals surface area (Å²) in [5.41, 5.74) is 4.39. The predicted octanol–water partition coefficient (Wildman–Crippen LogP) is 5.85. The Hall–Kier alpha value is -2.53. The Labute approximate surface area is 186 Å². The molecule has 5 fully saturated rings. The third kappa shape index (κ3) is 3.30.